The lowest BCUT2D eigenvalue weighted by atomic mass is 10.1. The largest absolute Gasteiger partial charge is 0.480 e. The highest BCUT2D eigenvalue weighted by molar-refractivity contribution is 7.13. The zero-order valence-corrected chi connectivity index (χ0v) is 16.4. The molecule has 0 spiro atoms. The third kappa shape index (κ3) is 5.89. The summed E-state index contributed by atoms with van der Waals surface area (Å²) in [5.41, 5.74) is 2.73. The molecule has 8 heteroatoms. The van der Waals surface area contributed by atoms with Gasteiger partial charge in [-0.05, 0) is 13.8 Å². The minimum atomic E-state index is -1.09. The first-order valence-electron chi connectivity index (χ1n) is 8.56. The Kier molecular flexibility index (Phi) is 7.06. The SMILES string of the molecule is CC(=O)NCCN(C(=O)Cc1csc(-c2ccc(C)cc2)n1)C(C)C(=O)O. The maximum atomic E-state index is 12.6. The van der Waals surface area contributed by atoms with E-state index in [1.807, 2.05) is 36.6 Å². The van der Waals surface area contributed by atoms with Gasteiger partial charge >= 0.3 is 5.97 Å². The van der Waals surface area contributed by atoms with Crippen molar-refractivity contribution in [3.05, 3.63) is 40.9 Å². The van der Waals surface area contributed by atoms with Crippen molar-refractivity contribution in [3.8, 4) is 10.6 Å². The van der Waals surface area contributed by atoms with Crippen LogP contribution in [0.25, 0.3) is 10.6 Å². The Balaban J connectivity index is 2.08. The smallest absolute Gasteiger partial charge is 0.326 e. The van der Waals surface area contributed by atoms with Crippen molar-refractivity contribution in [2.45, 2.75) is 33.2 Å². The zero-order chi connectivity index (χ0) is 20.0. The molecule has 0 bridgehead atoms. The van der Waals surface area contributed by atoms with Crippen molar-refractivity contribution < 1.29 is 19.5 Å². The monoisotopic (exact) mass is 389 g/mol. The Morgan fingerprint density at radius 1 is 1.26 bits per heavy atom. The van der Waals surface area contributed by atoms with Crippen LogP contribution in [-0.2, 0) is 20.8 Å². The second-order valence-corrected chi connectivity index (χ2v) is 7.13. The molecule has 0 aliphatic carbocycles. The number of aromatic nitrogens is 1. The number of benzene rings is 1. The van der Waals surface area contributed by atoms with Crippen molar-refractivity contribution in [3.63, 3.8) is 0 Å². The Morgan fingerprint density at radius 2 is 1.93 bits per heavy atom. The van der Waals surface area contributed by atoms with Crippen molar-refractivity contribution in [2.75, 3.05) is 13.1 Å². The molecular weight excluding hydrogens is 366 g/mol. The molecule has 1 unspecified atom stereocenters. The van der Waals surface area contributed by atoms with Crippen LogP contribution in [-0.4, -0.2) is 51.9 Å². The highest BCUT2D eigenvalue weighted by Gasteiger charge is 2.25. The third-order valence-electron chi connectivity index (χ3n) is 4.05. The first-order chi connectivity index (χ1) is 12.8. The van der Waals surface area contributed by atoms with E-state index in [1.54, 1.807) is 0 Å². The van der Waals surface area contributed by atoms with Gasteiger partial charge in [0.2, 0.25) is 11.8 Å². The second kappa shape index (κ2) is 9.27. The predicted octanol–water partition coefficient (Wildman–Crippen LogP) is 2.10. The number of carbonyl (C=O) groups is 3. The molecule has 0 aliphatic rings. The van der Waals surface area contributed by atoms with Gasteiger partial charge in [-0.2, -0.15) is 0 Å². The number of carboxylic acids is 1. The number of nitrogens with zero attached hydrogens (tertiary/aromatic N) is 2. The van der Waals surface area contributed by atoms with Gasteiger partial charge in [0, 0.05) is 31.0 Å². The summed E-state index contributed by atoms with van der Waals surface area (Å²) >= 11 is 1.44. The molecule has 1 aromatic heterocycles. The summed E-state index contributed by atoms with van der Waals surface area (Å²) in [6, 6.07) is 6.97. The standard InChI is InChI=1S/C19H23N3O4S/c1-12-4-6-15(7-5-12)18-21-16(11-27-18)10-17(24)22(13(2)19(25)26)9-8-20-14(3)23/h4-7,11,13H,8-10H2,1-3H3,(H,20,23)(H,25,26). The molecule has 2 N–H and O–H groups in total. The van der Waals surface area contributed by atoms with Crippen LogP contribution in [0.4, 0.5) is 0 Å². The van der Waals surface area contributed by atoms with Crippen molar-refractivity contribution in [1.29, 1.82) is 0 Å². The van der Waals surface area contributed by atoms with Gasteiger partial charge in [-0.15, -0.1) is 11.3 Å². The predicted molar refractivity (Wildman–Crippen MR) is 103 cm³/mol. The van der Waals surface area contributed by atoms with Crippen LogP contribution in [0.15, 0.2) is 29.6 Å². The number of thiazole rings is 1. The summed E-state index contributed by atoms with van der Waals surface area (Å²) in [6.45, 7) is 5.15. The molecule has 1 aromatic carbocycles. The number of aryl methyl sites for hydroxylation is 1. The van der Waals surface area contributed by atoms with Crippen LogP contribution in [0.3, 0.4) is 0 Å². The van der Waals surface area contributed by atoms with Gasteiger partial charge in [-0.1, -0.05) is 29.8 Å². The molecule has 2 aromatic rings. The van der Waals surface area contributed by atoms with Crippen molar-refractivity contribution >= 4 is 29.1 Å². The minimum Gasteiger partial charge on any atom is -0.480 e. The van der Waals surface area contributed by atoms with Crippen LogP contribution in [0.2, 0.25) is 0 Å². The normalized spacial score (nSPS) is 11.7. The number of aliphatic carboxylic acids is 1. The first kappa shape index (κ1) is 20.6. The average molecular weight is 389 g/mol. The molecule has 0 fully saturated rings. The quantitative estimate of drug-likeness (QED) is 0.720. The lowest BCUT2D eigenvalue weighted by molar-refractivity contribution is -0.149. The Labute approximate surface area is 162 Å². The van der Waals surface area contributed by atoms with Crippen LogP contribution < -0.4 is 5.32 Å². The summed E-state index contributed by atoms with van der Waals surface area (Å²) in [7, 11) is 0. The van der Waals surface area contributed by atoms with Crippen molar-refractivity contribution in [2.24, 2.45) is 0 Å². The molecule has 27 heavy (non-hydrogen) atoms. The van der Waals surface area contributed by atoms with Gasteiger partial charge in [-0.25, -0.2) is 9.78 Å². The van der Waals surface area contributed by atoms with Gasteiger partial charge in [0.15, 0.2) is 0 Å². The highest BCUT2D eigenvalue weighted by atomic mass is 32.1. The highest BCUT2D eigenvalue weighted by Crippen LogP contribution is 2.24. The summed E-state index contributed by atoms with van der Waals surface area (Å²) in [5, 5.41) is 14.5. The molecule has 1 atom stereocenters. The minimum absolute atomic E-state index is 0.0139. The molecule has 0 saturated carbocycles. The Bertz CT molecular complexity index is 817. The summed E-state index contributed by atoms with van der Waals surface area (Å²) in [5.74, 6) is -1.66. The van der Waals surface area contributed by atoms with Crippen molar-refractivity contribution in [1.82, 2.24) is 15.2 Å². The van der Waals surface area contributed by atoms with Crippen LogP contribution in [0.5, 0.6) is 0 Å². The molecule has 0 aliphatic heterocycles. The number of nitrogens with one attached hydrogen (secondary N) is 1. The van der Waals surface area contributed by atoms with Crippen LogP contribution in [0, 0.1) is 6.92 Å². The fourth-order valence-corrected chi connectivity index (χ4v) is 3.32. The van der Waals surface area contributed by atoms with E-state index in [0.29, 0.717) is 5.69 Å². The van der Waals surface area contributed by atoms with E-state index in [2.05, 4.69) is 10.3 Å². The molecule has 7 nitrogen and oxygen atoms in total. The topological polar surface area (TPSA) is 99.6 Å². The third-order valence-corrected chi connectivity index (χ3v) is 4.99. The average Bonchev–Trinajstić information content (AvgIpc) is 3.06. The molecule has 1 heterocycles. The maximum absolute atomic E-state index is 12.6. The van der Waals surface area contributed by atoms with E-state index in [9.17, 15) is 19.5 Å². The fourth-order valence-electron chi connectivity index (χ4n) is 2.49. The Morgan fingerprint density at radius 3 is 2.52 bits per heavy atom. The van der Waals surface area contributed by atoms with Gasteiger partial charge < -0.3 is 15.3 Å². The van der Waals surface area contributed by atoms with Gasteiger partial charge in [-0.3, -0.25) is 9.59 Å². The molecule has 0 radical (unpaired) electrons. The van der Waals surface area contributed by atoms with E-state index in [1.165, 1.54) is 30.1 Å². The Hall–Kier alpha value is -2.74. The van der Waals surface area contributed by atoms with Crippen LogP contribution >= 0.6 is 11.3 Å². The fraction of sp³-hybridized carbons (Fsp3) is 0.368. The number of carbonyl (C=O) groups excluding carboxylic acids is 2. The number of hydrogen-bond acceptors (Lipinski definition) is 5. The van der Waals surface area contributed by atoms with Gasteiger partial charge in [0.25, 0.3) is 0 Å². The first-order valence-corrected chi connectivity index (χ1v) is 9.44. The van der Waals surface area contributed by atoms with E-state index in [-0.39, 0.29) is 31.3 Å². The number of rotatable bonds is 8. The van der Waals surface area contributed by atoms with Crippen LogP contribution in [0.1, 0.15) is 25.1 Å². The maximum Gasteiger partial charge on any atom is 0.326 e. The molecule has 2 rings (SSSR count). The second-order valence-electron chi connectivity index (χ2n) is 6.27. The summed E-state index contributed by atoms with van der Waals surface area (Å²) in [4.78, 5) is 40.7. The lowest BCUT2D eigenvalue weighted by Crippen LogP contribution is -2.47. The molecule has 0 saturated heterocycles. The number of hydrogen-bond donors (Lipinski definition) is 2. The lowest BCUT2D eigenvalue weighted by Gasteiger charge is -2.26. The summed E-state index contributed by atoms with van der Waals surface area (Å²) < 4.78 is 0. The molecule has 2 amide bonds. The number of carboxylic acid groups (broad SMARTS) is 1. The molecule has 144 valence electrons. The van der Waals surface area contributed by atoms with E-state index in [4.69, 9.17) is 0 Å². The number of amides is 2. The summed E-state index contributed by atoms with van der Waals surface area (Å²) in [6.07, 6.45) is 0.0139. The van der Waals surface area contributed by atoms with Gasteiger partial charge in [0.05, 0.1) is 12.1 Å². The molecular formula is C19H23N3O4S. The van der Waals surface area contributed by atoms with E-state index in [0.717, 1.165) is 16.1 Å². The van der Waals surface area contributed by atoms with Gasteiger partial charge in [0.1, 0.15) is 11.0 Å². The zero-order valence-electron chi connectivity index (χ0n) is 15.6. The van der Waals surface area contributed by atoms with E-state index >= 15 is 0 Å². The van der Waals surface area contributed by atoms with E-state index < -0.39 is 12.0 Å².